The van der Waals surface area contributed by atoms with Crippen LogP contribution in [0, 0.1) is 13.8 Å². The summed E-state index contributed by atoms with van der Waals surface area (Å²) < 4.78 is 1.86. The molecule has 0 saturated carbocycles. The first-order chi connectivity index (χ1) is 16.2. The van der Waals surface area contributed by atoms with E-state index in [1.54, 1.807) is 0 Å². The van der Waals surface area contributed by atoms with Crippen LogP contribution in [0.25, 0.3) is 5.78 Å². The smallest absolute Gasteiger partial charge is 0.216 e. The maximum absolute atomic E-state index is 4.89. The number of fused-ring (bicyclic) bond motifs is 1. The van der Waals surface area contributed by atoms with Crippen LogP contribution in [0.3, 0.4) is 0 Å². The normalized spacial score (nSPS) is 11.2. The van der Waals surface area contributed by atoms with Crippen molar-refractivity contribution in [2.75, 3.05) is 6.38 Å². The summed E-state index contributed by atoms with van der Waals surface area (Å²) in [6.45, 7) is 4.05. The van der Waals surface area contributed by atoms with Crippen LogP contribution >= 0.6 is 18.9 Å². The van der Waals surface area contributed by atoms with Crippen LogP contribution in [0.5, 0.6) is 0 Å². The second kappa shape index (κ2) is 10.2. The van der Waals surface area contributed by atoms with Gasteiger partial charge in [-0.25, -0.2) is 9.50 Å². The molecular formula is C27H27ClN4P+. The Labute approximate surface area is 200 Å². The molecule has 0 saturated heterocycles. The van der Waals surface area contributed by atoms with Crippen LogP contribution in [0.2, 0.25) is 0 Å². The molecule has 0 unspecified atom stereocenters. The van der Waals surface area contributed by atoms with Crippen molar-refractivity contribution in [2.24, 2.45) is 0 Å². The van der Waals surface area contributed by atoms with E-state index < -0.39 is 7.26 Å². The molecule has 33 heavy (non-hydrogen) atoms. The summed E-state index contributed by atoms with van der Waals surface area (Å²) in [5.41, 5.74) is 2.00. The van der Waals surface area contributed by atoms with Gasteiger partial charge in [-0.2, -0.15) is 4.98 Å². The maximum Gasteiger partial charge on any atom is 0.253 e. The van der Waals surface area contributed by atoms with Gasteiger partial charge in [-0.3, -0.25) is 0 Å². The summed E-state index contributed by atoms with van der Waals surface area (Å²) in [6, 6.07) is 34.5. The van der Waals surface area contributed by atoms with Gasteiger partial charge in [-0.05, 0) is 56.3 Å². The van der Waals surface area contributed by atoms with Gasteiger partial charge in [-0.1, -0.05) is 54.6 Å². The van der Waals surface area contributed by atoms with E-state index in [9.17, 15) is 0 Å². The van der Waals surface area contributed by atoms with Crippen molar-refractivity contribution < 1.29 is 0 Å². The molecule has 2 heterocycles. The van der Waals surface area contributed by atoms with Crippen LogP contribution in [0.15, 0.2) is 97.1 Å². The molecule has 2 aromatic heterocycles. The molecule has 5 aromatic rings. The molecule has 3 aromatic carbocycles. The number of alkyl halides is 1. The van der Waals surface area contributed by atoms with Crippen LogP contribution in [0.4, 0.5) is 0 Å². The van der Waals surface area contributed by atoms with E-state index in [-0.39, 0.29) is 0 Å². The minimum Gasteiger partial charge on any atom is -0.216 e. The highest BCUT2D eigenvalue weighted by Crippen LogP contribution is 2.57. The number of aryl methyl sites for hydroxylation is 2. The standard InChI is InChI=1S/C26H24N4P.CH3Cl/c1-20-18-21(2)30-26(27-20)28-25(29-30)19-31(22-12-6-3-7-13-22,23-14-8-4-9-15-23)24-16-10-5-11-17-24;1-2/h3-18H,19H2,1-2H3;1H3/q+1;. The first-order valence-electron chi connectivity index (χ1n) is 10.8. The van der Waals surface area contributed by atoms with E-state index in [1.807, 2.05) is 24.4 Å². The summed E-state index contributed by atoms with van der Waals surface area (Å²) in [5, 5.41) is 8.86. The number of hydrogen-bond donors (Lipinski definition) is 0. The largest absolute Gasteiger partial charge is 0.253 e. The minimum absolute atomic E-state index is 0.666. The average molecular weight is 474 g/mol. The third kappa shape index (κ3) is 4.55. The summed E-state index contributed by atoms with van der Waals surface area (Å²) in [4.78, 5) is 9.47. The maximum atomic E-state index is 4.89. The lowest BCUT2D eigenvalue weighted by Gasteiger charge is -2.26. The van der Waals surface area contributed by atoms with Crippen molar-refractivity contribution >= 4 is 40.6 Å². The van der Waals surface area contributed by atoms with Crippen molar-refractivity contribution in [2.45, 2.75) is 20.0 Å². The zero-order chi connectivity index (χ0) is 23.3. The van der Waals surface area contributed by atoms with Gasteiger partial charge in [0.25, 0.3) is 5.78 Å². The molecule has 0 bridgehead atoms. The Morgan fingerprint density at radius 2 is 1.15 bits per heavy atom. The van der Waals surface area contributed by atoms with E-state index in [0.717, 1.165) is 23.4 Å². The third-order valence-corrected chi connectivity index (χ3v) is 9.93. The van der Waals surface area contributed by atoms with E-state index >= 15 is 0 Å². The van der Waals surface area contributed by atoms with Gasteiger partial charge < -0.3 is 0 Å². The summed E-state index contributed by atoms with van der Waals surface area (Å²) in [7, 11) is -2.02. The second-order valence-electron chi connectivity index (χ2n) is 7.75. The molecule has 0 amide bonds. The molecule has 5 rings (SSSR count). The molecule has 0 N–H and O–H groups in total. The molecular weight excluding hydrogens is 447 g/mol. The third-order valence-electron chi connectivity index (χ3n) is 5.63. The first-order valence-corrected chi connectivity index (χ1v) is 13.5. The highest BCUT2D eigenvalue weighted by atomic mass is 35.5. The van der Waals surface area contributed by atoms with Crippen LogP contribution in [-0.4, -0.2) is 26.0 Å². The van der Waals surface area contributed by atoms with E-state index in [4.69, 9.17) is 10.1 Å². The lowest BCUT2D eigenvalue weighted by Crippen LogP contribution is -2.32. The number of nitrogens with zero attached hydrogens (tertiary/aromatic N) is 4. The van der Waals surface area contributed by atoms with Gasteiger partial charge >= 0.3 is 0 Å². The summed E-state index contributed by atoms with van der Waals surface area (Å²) >= 11 is 4.64. The number of hydrogen-bond acceptors (Lipinski definition) is 3. The fourth-order valence-corrected chi connectivity index (χ4v) is 8.30. The molecule has 0 fully saturated rings. The first kappa shape index (κ1) is 23.1. The predicted octanol–water partition coefficient (Wildman–Crippen LogP) is 5.09. The van der Waals surface area contributed by atoms with Crippen LogP contribution < -0.4 is 15.9 Å². The van der Waals surface area contributed by atoms with Gasteiger partial charge in [0.2, 0.25) is 0 Å². The number of rotatable bonds is 5. The second-order valence-corrected chi connectivity index (χ2v) is 11.2. The van der Waals surface area contributed by atoms with Crippen molar-refractivity contribution in [3.05, 3.63) is 114 Å². The van der Waals surface area contributed by atoms with Crippen molar-refractivity contribution in [1.29, 1.82) is 0 Å². The zero-order valence-electron chi connectivity index (χ0n) is 19.1. The molecule has 0 aliphatic rings. The number of benzene rings is 3. The molecule has 0 radical (unpaired) electrons. The molecule has 4 nitrogen and oxygen atoms in total. The summed E-state index contributed by atoms with van der Waals surface area (Å²) in [5.74, 6) is 1.49. The van der Waals surface area contributed by atoms with E-state index in [1.165, 1.54) is 22.3 Å². The molecule has 0 aliphatic heterocycles. The van der Waals surface area contributed by atoms with Crippen molar-refractivity contribution in [1.82, 2.24) is 19.6 Å². The Balaban J connectivity index is 0.00000126. The quantitative estimate of drug-likeness (QED) is 0.264. The minimum atomic E-state index is -2.02. The fourth-order valence-electron chi connectivity index (χ4n) is 4.26. The van der Waals surface area contributed by atoms with Crippen molar-refractivity contribution in [3.63, 3.8) is 0 Å². The van der Waals surface area contributed by atoms with E-state index in [0.29, 0.717) is 5.78 Å². The zero-order valence-corrected chi connectivity index (χ0v) is 20.7. The Bertz CT molecular complexity index is 1230. The van der Waals surface area contributed by atoms with Gasteiger partial charge in [0.15, 0.2) is 5.82 Å². The number of halogens is 1. The summed E-state index contributed by atoms with van der Waals surface area (Å²) in [6.07, 6.45) is 2.22. The topological polar surface area (TPSA) is 43.1 Å². The lowest BCUT2D eigenvalue weighted by molar-refractivity contribution is 0.866. The van der Waals surface area contributed by atoms with Gasteiger partial charge in [0.1, 0.15) is 29.3 Å². The van der Waals surface area contributed by atoms with Crippen LogP contribution in [0.1, 0.15) is 17.2 Å². The lowest BCUT2D eigenvalue weighted by atomic mass is 10.4. The molecule has 0 aliphatic carbocycles. The SMILES string of the molecule is CCl.Cc1cc(C)n2nc(C[P+](c3ccccc3)(c3ccccc3)c3ccccc3)nc2n1. The van der Waals surface area contributed by atoms with Crippen LogP contribution in [-0.2, 0) is 6.16 Å². The highest BCUT2D eigenvalue weighted by Gasteiger charge is 2.46. The molecule has 6 heteroatoms. The van der Waals surface area contributed by atoms with Gasteiger partial charge in [0.05, 0.1) is 0 Å². The highest BCUT2D eigenvalue weighted by molar-refractivity contribution is 7.95. The fraction of sp³-hybridized carbons (Fsp3) is 0.148. The average Bonchev–Trinajstić information content (AvgIpc) is 3.28. The van der Waals surface area contributed by atoms with Gasteiger partial charge in [-0.15, -0.1) is 16.7 Å². The Morgan fingerprint density at radius 3 is 1.61 bits per heavy atom. The molecule has 0 atom stereocenters. The van der Waals surface area contributed by atoms with E-state index in [2.05, 4.69) is 108 Å². The number of aromatic nitrogens is 4. The molecule has 0 spiro atoms. The van der Waals surface area contributed by atoms with Gasteiger partial charge in [0, 0.05) is 17.8 Å². The Morgan fingerprint density at radius 1 is 0.697 bits per heavy atom. The monoisotopic (exact) mass is 473 g/mol. The van der Waals surface area contributed by atoms with Crippen molar-refractivity contribution in [3.8, 4) is 0 Å². The molecule has 166 valence electrons. The Hall–Kier alpha value is -3.07. The predicted molar refractivity (Wildman–Crippen MR) is 141 cm³/mol. The Kier molecular flexibility index (Phi) is 7.17.